The smallest absolute Gasteiger partial charge is 0.225 e. The predicted octanol–water partition coefficient (Wildman–Crippen LogP) is 3.25. The molecule has 0 aliphatic heterocycles. The standard InChI is InChI=1S/C13H22BrNO/c1-13(7-2-3-8-13)12(16)15-9-10-5-4-6-11(10)14/h10-11H,2-9H2,1H3,(H,15,16). The molecular weight excluding hydrogens is 266 g/mol. The Morgan fingerprint density at radius 3 is 2.56 bits per heavy atom. The zero-order valence-corrected chi connectivity index (χ0v) is 11.7. The Hall–Kier alpha value is -0.0500. The molecule has 2 unspecified atom stereocenters. The van der Waals surface area contributed by atoms with E-state index in [0.717, 1.165) is 19.4 Å². The summed E-state index contributed by atoms with van der Waals surface area (Å²) in [5.41, 5.74) is -0.0690. The van der Waals surface area contributed by atoms with E-state index < -0.39 is 0 Å². The number of alkyl halides is 1. The minimum Gasteiger partial charge on any atom is -0.355 e. The minimum absolute atomic E-state index is 0.0690. The molecule has 0 aromatic heterocycles. The lowest BCUT2D eigenvalue weighted by atomic mass is 9.87. The van der Waals surface area contributed by atoms with Crippen molar-refractivity contribution in [3.8, 4) is 0 Å². The van der Waals surface area contributed by atoms with Gasteiger partial charge in [0.25, 0.3) is 0 Å². The lowest BCUT2D eigenvalue weighted by Crippen LogP contribution is -2.40. The molecule has 2 rings (SSSR count). The van der Waals surface area contributed by atoms with Crippen molar-refractivity contribution in [2.45, 2.75) is 56.7 Å². The summed E-state index contributed by atoms with van der Waals surface area (Å²) in [5, 5.41) is 3.17. The van der Waals surface area contributed by atoms with Gasteiger partial charge in [-0.15, -0.1) is 0 Å². The number of amides is 1. The molecule has 2 atom stereocenters. The third-order valence-corrected chi connectivity index (χ3v) is 5.55. The molecule has 92 valence electrons. The van der Waals surface area contributed by atoms with Crippen molar-refractivity contribution in [1.82, 2.24) is 5.32 Å². The topological polar surface area (TPSA) is 29.1 Å². The number of hydrogen-bond acceptors (Lipinski definition) is 1. The van der Waals surface area contributed by atoms with Crippen molar-refractivity contribution >= 4 is 21.8 Å². The molecule has 0 saturated heterocycles. The Labute approximate surface area is 107 Å². The van der Waals surface area contributed by atoms with Crippen molar-refractivity contribution in [3.05, 3.63) is 0 Å². The summed E-state index contributed by atoms with van der Waals surface area (Å²) in [4.78, 5) is 12.7. The van der Waals surface area contributed by atoms with Gasteiger partial charge >= 0.3 is 0 Å². The molecular formula is C13H22BrNO. The van der Waals surface area contributed by atoms with Crippen LogP contribution < -0.4 is 5.32 Å². The highest BCUT2D eigenvalue weighted by molar-refractivity contribution is 9.09. The monoisotopic (exact) mass is 287 g/mol. The van der Waals surface area contributed by atoms with E-state index in [1.165, 1.54) is 32.1 Å². The van der Waals surface area contributed by atoms with Crippen molar-refractivity contribution < 1.29 is 4.79 Å². The molecule has 2 aliphatic carbocycles. The molecule has 16 heavy (non-hydrogen) atoms. The predicted molar refractivity (Wildman–Crippen MR) is 69.6 cm³/mol. The van der Waals surface area contributed by atoms with Crippen molar-refractivity contribution in [2.24, 2.45) is 11.3 Å². The number of carbonyl (C=O) groups excluding carboxylic acids is 1. The molecule has 0 aromatic rings. The number of rotatable bonds is 3. The molecule has 2 fully saturated rings. The third kappa shape index (κ3) is 2.61. The second kappa shape index (κ2) is 5.07. The first-order chi connectivity index (χ1) is 7.62. The highest BCUT2D eigenvalue weighted by Gasteiger charge is 2.36. The first-order valence-electron chi connectivity index (χ1n) is 6.54. The second-order valence-electron chi connectivity index (χ2n) is 5.68. The zero-order chi connectivity index (χ0) is 11.6. The highest BCUT2D eigenvalue weighted by Crippen LogP contribution is 2.38. The zero-order valence-electron chi connectivity index (χ0n) is 10.1. The Kier molecular flexibility index (Phi) is 3.93. The fraction of sp³-hybridized carbons (Fsp3) is 0.923. The van der Waals surface area contributed by atoms with Crippen LogP contribution in [0, 0.1) is 11.3 Å². The Bertz CT molecular complexity index is 261. The van der Waals surface area contributed by atoms with Crippen LogP contribution in [0.3, 0.4) is 0 Å². The number of halogens is 1. The quantitative estimate of drug-likeness (QED) is 0.794. The summed E-state index contributed by atoms with van der Waals surface area (Å²) in [6.07, 6.45) is 8.39. The molecule has 1 amide bonds. The Morgan fingerprint density at radius 1 is 1.31 bits per heavy atom. The first kappa shape index (κ1) is 12.4. The maximum Gasteiger partial charge on any atom is 0.225 e. The average molecular weight is 288 g/mol. The van der Waals surface area contributed by atoms with Crippen molar-refractivity contribution in [1.29, 1.82) is 0 Å². The van der Waals surface area contributed by atoms with E-state index in [0.29, 0.717) is 10.7 Å². The Balaban J connectivity index is 1.79. The molecule has 3 heteroatoms. The number of hydrogen-bond donors (Lipinski definition) is 1. The van der Waals surface area contributed by atoms with E-state index in [9.17, 15) is 4.79 Å². The highest BCUT2D eigenvalue weighted by atomic mass is 79.9. The van der Waals surface area contributed by atoms with Crippen LogP contribution >= 0.6 is 15.9 Å². The molecule has 2 aliphatic rings. The molecule has 0 aromatic carbocycles. The van der Waals surface area contributed by atoms with E-state index in [1.807, 2.05) is 0 Å². The van der Waals surface area contributed by atoms with Gasteiger partial charge in [-0.3, -0.25) is 4.79 Å². The lowest BCUT2D eigenvalue weighted by Gasteiger charge is -2.24. The van der Waals surface area contributed by atoms with Gasteiger partial charge in [-0.05, 0) is 31.6 Å². The van der Waals surface area contributed by atoms with Crippen molar-refractivity contribution in [2.75, 3.05) is 6.54 Å². The van der Waals surface area contributed by atoms with Gasteiger partial charge in [-0.1, -0.05) is 42.1 Å². The summed E-state index contributed by atoms with van der Waals surface area (Å²) in [6.45, 7) is 2.99. The van der Waals surface area contributed by atoms with Gasteiger partial charge in [-0.25, -0.2) is 0 Å². The van der Waals surface area contributed by atoms with Gasteiger partial charge in [0.05, 0.1) is 0 Å². The van der Waals surface area contributed by atoms with Crippen LogP contribution in [-0.4, -0.2) is 17.3 Å². The molecule has 2 saturated carbocycles. The van der Waals surface area contributed by atoms with Crippen LogP contribution in [0.2, 0.25) is 0 Å². The molecule has 0 heterocycles. The van der Waals surface area contributed by atoms with E-state index in [4.69, 9.17) is 0 Å². The fourth-order valence-electron chi connectivity index (χ4n) is 3.04. The maximum atomic E-state index is 12.1. The van der Waals surface area contributed by atoms with Crippen LogP contribution in [0.4, 0.5) is 0 Å². The van der Waals surface area contributed by atoms with Crippen LogP contribution in [-0.2, 0) is 4.79 Å². The molecule has 0 radical (unpaired) electrons. The van der Waals surface area contributed by atoms with Gasteiger partial charge in [0.2, 0.25) is 5.91 Å². The fourth-order valence-corrected chi connectivity index (χ4v) is 3.82. The van der Waals surface area contributed by atoms with E-state index in [-0.39, 0.29) is 11.3 Å². The normalized spacial score (nSPS) is 32.9. The van der Waals surface area contributed by atoms with Crippen LogP contribution in [0.15, 0.2) is 0 Å². The lowest BCUT2D eigenvalue weighted by molar-refractivity contribution is -0.130. The van der Waals surface area contributed by atoms with Gasteiger partial charge < -0.3 is 5.32 Å². The van der Waals surface area contributed by atoms with E-state index in [2.05, 4.69) is 28.2 Å². The Morgan fingerprint density at radius 2 is 2.00 bits per heavy atom. The summed E-state index contributed by atoms with van der Waals surface area (Å²) in [6, 6.07) is 0. The van der Waals surface area contributed by atoms with Gasteiger partial charge in [0, 0.05) is 16.8 Å². The second-order valence-corrected chi connectivity index (χ2v) is 6.86. The number of nitrogens with one attached hydrogen (secondary N) is 1. The summed E-state index contributed by atoms with van der Waals surface area (Å²) in [7, 11) is 0. The average Bonchev–Trinajstić information content (AvgIpc) is 2.85. The number of carbonyl (C=O) groups is 1. The van der Waals surface area contributed by atoms with Crippen LogP contribution in [0.25, 0.3) is 0 Å². The maximum absolute atomic E-state index is 12.1. The summed E-state index contributed by atoms with van der Waals surface area (Å²) in [5.74, 6) is 0.936. The summed E-state index contributed by atoms with van der Waals surface area (Å²) < 4.78 is 0. The molecule has 2 nitrogen and oxygen atoms in total. The van der Waals surface area contributed by atoms with Crippen LogP contribution in [0.5, 0.6) is 0 Å². The van der Waals surface area contributed by atoms with E-state index >= 15 is 0 Å². The summed E-state index contributed by atoms with van der Waals surface area (Å²) >= 11 is 3.70. The van der Waals surface area contributed by atoms with Crippen LogP contribution in [0.1, 0.15) is 51.9 Å². The largest absolute Gasteiger partial charge is 0.355 e. The van der Waals surface area contributed by atoms with Crippen molar-refractivity contribution in [3.63, 3.8) is 0 Å². The first-order valence-corrected chi connectivity index (χ1v) is 7.46. The van der Waals surface area contributed by atoms with Gasteiger partial charge in [0.1, 0.15) is 0 Å². The SMILES string of the molecule is CC1(C(=O)NCC2CCCC2Br)CCCC1. The molecule has 1 N–H and O–H groups in total. The van der Waals surface area contributed by atoms with E-state index in [1.54, 1.807) is 0 Å². The molecule has 0 spiro atoms. The van der Waals surface area contributed by atoms with Gasteiger partial charge in [-0.2, -0.15) is 0 Å². The third-order valence-electron chi connectivity index (χ3n) is 4.35. The minimum atomic E-state index is -0.0690. The van der Waals surface area contributed by atoms with Gasteiger partial charge in [0.15, 0.2) is 0 Å². The molecule has 0 bridgehead atoms.